The molecule has 2 heterocycles. The van der Waals surface area contributed by atoms with Crippen molar-refractivity contribution in [2.75, 3.05) is 7.05 Å². The summed E-state index contributed by atoms with van der Waals surface area (Å²) in [4.78, 5) is 17.3. The van der Waals surface area contributed by atoms with Crippen LogP contribution in [0.4, 0.5) is 0 Å². The highest BCUT2D eigenvalue weighted by molar-refractivity contribution is 7.88. The summed E-state index contributed by atoms with van der Waals surface area (Å²) in [6.45, 7) is 0.389. The van der Waals surface area contributed by atoms with Crippen molar-refractivity contribution in [3.05, 3.63) is 58.9 Å². The van der Waals surface area contributed by atoms with Gasteiger partial charge in [0.2, 0.25) is 15.9 Å². The lowest BCUT2D eigenvalue weighted by Gasteiger charge is -2.06. The van der Waals surface area contributed by atoms with Gasteiger partial charge in [-0.1, -0.05) is 24.3 Å². The molecule has 1 aromatic carbocycles. The van der Waals surface area contributed by atoms with E-state index < -0.39 is 10.0 Å². The molecule has 7 nitrogen and oxygen atoms in total. The average Bonchev–Trinajstić information content (AvgIpc) is 3.15. The minimum Gasteiger partial charge on any atom is -0.352 e. The van der Waals surface area contributed by atoms with Crippen LogP contribution in [0.2, 0.25) is 0 Å². The number of hydrogen-bond donors (Lipinski definition) is 2. The van der Waals surface area contributed by atoms with Crippen molar-refractivity contribution in [1.29, 1.82) is 0 Å². The molecule has 2 N–H and O–H groups in total. The van der Waals surface area contributed by atoms with Crippen molar-refractivity contribution in [3.63, 3.8) is 0 Å². The minimum absolute atomic E-state index is 0.0619. The summed E-state index contributed by atoms with van der Waals surface area (Å²) < 4.78 is 27.2. The Balaban J connectivity index is 1.52. The van der Waals surface area contributed by atoms with Crippen molar-refractivity contribution in [1.82, 2.24) is 19.4 Å². The highest BCUT2D eigenvalue weighted by atomic mass is 32.2. The molecule has 0 saturated carbocycles. The molecule has 2 aromatic heterocycles. The van der Waals surface area contributed by atoms with Gasteiger partial charge in [-0.2, -0.15) is 0 Å². The van der Waals surface area contributed by atoms with E-state index in [2.05, 4.69) is 15.0 Å². The van der Waals surface area contributed by atoms with E-state index in [0.717, 1.165) is 16.2 Å². The van der Waals surface area contributed by atoms with Crippen molar-refractivity contribution < 1.29 is 13.2 Å². The molecular weight excluding hydrogens is 360 g/mol. The molecule has 0 unspecified atom stereocenters. The maximum absolute atomic E-state index is 12.0. The summed E-state index contributed by atoms with van der Waals surface area (Å²) in [6, 6.07) is 7.13. The van der Waals surface area contributed by atoms with E-state index in [4.69, 9.17) is 0 Å². The maximum atomic E-state index is 12.0. The quantitative estimate of drug-likeness (QED) is 0.648. The number of benzene rings is 1. The summed E-state index contributed by atoms with van der Waals surface area (Å²) in [7, 11) is -1.89. The lowest BCUT2D eigenvalue weighted by molar-refractivity contribution is -0.120. The highest BCUT2D eigenvalue weighted by Crippen LogP contribution is 2.12. The molecule has 9 heteroatoms. The zero-order valence-electron chi connectivity index (χ0n) is 13.6. The molecule has 0 saturated heterocycles. The molecule has 3 aromatic rings. The monoisotopic (exact) mass is 378 g/mol. The molecule has 0 spiro atoms. The number of aromatic nitrogens is 2. The first-order valence-corrected chi connectivity index (χ1v) is 10.2. The summed E-state index contributed by atoms with van der Waals surface area (Å²) in [5.41, 5.74) is 2.34. The van der Waals surface area contributed by atoms with Crippen LogP contribution in [0.15, 0.2) is 42.0 Å². The fourth-order valence-electron chi connectivity index (χ4n) is 2.33. The zero-order chi connectivity index (χ0) is 17.9. The Labute approximate surface area is 149 Å². The van der Waals surface area contributed by atoms with E-state index in [1.165, 1.54) is 18.4 Å². The minimum atomic E-state index is -3.28. The molecule has 25 heavy (non-hydrogen) atoms. The number of hydrogen-bond acceptors (Lipinski definition) is 5. The molecule has 0 bridgehead atoms. The lowest BCUT2D eigenvalue weighted by Crippen LogP contribution is -2.24. The van der Waals surface area contributed by atoms with Crippen LogP contribution >= 0.6 is 11.3 Å². The van der Waals surface area contributed by atoms with Crippen LogP contribution in [0.25, 0.3) is 4.96 Å². The third kappa shape index (κ3) is 4.65. The second kappa shape index (κ2) is 7.34. The number of fused-ring (bicyclic) bond motifs is 1. The van der Waals surface area contributed by atoms with Crippen LogP contribution in [0.3, 0.4) is 0 Å². The average molecular weight is 378 g/mol. The number of nitrogens with zero attached hydrogens (tertiary/aromatic N) is 2. The van der Waals surface area contributed by atoms with Crippen LogP contribution in [-0.4, -0.2) is 30.8 Å². The summed E-state index contributed by atoms with van der Waals surface area (Å²) in [5, 5.41) is 4.79. The van der Waals surface area contributed by atoms with Gasteiger partial charge < -0.3 is 5.32 Å². The molecule has 0 aliphatic carbocycles. The number of carbonyl (C=O) groups excluding carboxylic acids is 1. The van der Waals surface area contributed by atoms with E-state index in [1.807, 2.05) is 34.3 Å². The zero-order valence-corrected chi connectivity index (χ0v) is 15.2. The Bertz CT molecular complexity index is 946. The smallest absolute Gasteiger partial charge is 0.226 e. The van der Waals surface area contributed by atoms with Crippen molar-refractivity contribution in [3.8, 4) is 0 Å². The highest BCUT2D eigenvalue weighted by Gasteiger charge is 2.10. The predicted octanol–water partition coefficient (Wildman–Crippen LogP) is 1.30. The number of rotatable bonds is 7. The Morgan fingerprint density at radius 1 is 1.24 bits per heavy atom. The Morgan fingerprint density at radius 2 is 1.96 bits per heavy atom. The van der Waals surface area contributed by atoms with Crippen LogP contribution in [-0.2, 0) is 33.5 Å². The molecule has 3 rings (SSSR count). The van der Waals surface area contributed by atoms with Gasteiger partial charge in [0.15, 0.2) is 4.96 Å². The van der Waals surface area contributed by atoms with Gasteiger partial charge in [0.1, 0.15) is 0 Å². The topological polar surface area (TPSA) is 92.6 Å². The van der Waals surface area contributed by atoms with E-state index in [9.17, 15) is 13.2 Å². The Kier molecular flexibility index (Phi) is 5.16. The van der Waals surface area contributed by atoms with Crippen LogP contribution in [0.5, 0.6) is 0 Å². The molecule has 132 valence electrons. The fraction of sp³-hybridized carbons (Fsp3) is 0.250. The molecule has 0 aliphatic heterocycles. The molecule has 0 fully saturated rings. The molecular formula is C16H18N4O3S2. The number of nitrogens with one attached hydrogen (secondary N) is 2. The number of imidazole rings is 1. The van der Waals surface area contributed by atoms with E-state index >= 15 is 0 Å². The normalized spacial score (nSPS) is 11.7. The lowest BCUT2D eigenvalue weighted by atomic mass is 10.1. The van der Waals surface area contributed by atoms with Crippen LogP contribution in [0, 0.1) is 0 Å². The third-order valence-electron chi connectivity index (χ3n) is 3.67. The van der Waals surface area contributed by atoms with Gasteiger partial charge in [-0.15, -0.1) is 11.3 Å². The van der Waals surface area contributed by atoms with Gasteiger partial charge in [-0.05, 0) is 18.2 Å². The largest absolute Gasteiger partial charge is 0.352 e. The second-order valence-corrected chi connectivity index (χ2v) is 8.36. The van der Waals surface area contributed by atoms with Crippen LogP contribution < -0.4 is 10.0 Å². The van der Waals surface area contributed by atoms with Crippen molar-refractivity contribution in [2.24, 2.45) is 0 Å². The van der Waals surface area contributed by atoms with Crippen molar-refractivity contribution in [2.45, 2.75) is 18.7 Å². The maximum Gasteiger partial charge on any atom is 0.226 e. The SMILES string of the molecule is CNS(=O)(=O)Cc1ccc(CNC(=O)Cc2cn3ccsc3n2)cc1. The first-order valence-electron chi connectivity index (χ1n) is 7.62. The van der Waals surface area contributed by atoms with Gasteiger partial charge in [-0.3, -0.25) is 9.20 Å². The van der Waals surface area contributed by atoms with Gasteiger partial charge in [0.25, 0.3) is 0 Å². The third-order valence-corrected chi connectivity index (χ3v) is 5.77. The molecule has 0 radical (unpaired) electrons. The fourth-order valence-corrected chi connectivity index (χ4v) is 3.83. The van der Waals surface area contributed by atoms with Crippen LogP contribution in [0.1, 0.15) is 16.8 Å². The van der Waals surface area contributed by atoms with Gasteiger partial charge in [0.05, 0.1) is 17.9 Å². The first kappa shape index (κ1) is 17.6. The van der Waals surface area contributed by atoms with E-state index in [0.29, 0.717) is 12.1 Å². The number of thiazole rings is 1. The number of carbonyl (C=O) groups is 1. The van der Waals surface area contributed by atoms with E-state index in [1.54, 1.807) is 12.1 Å². The molecule has 1 amide bonds. The Morgan fingerprint density at radius 3 is 2.64 bits per heavy atom. The second-order valence-electron chi connectivity index (χ2n) is 5.56. The number of sulfonamides is 1. The van der Waals surface area contributed by atoms with Crippen molar-refractivity contribution >= 4 is 32.2 Å². The summed E-state index contributed by atoms with van der Waals surface area (Å²) in [6.07, 6.45) is 3.99. The predicted molar refractivity (Wildman–Crippen MR) is 96.7 cm³/mol. The Hall–Kier alpha value is -2.23. The summed E-state index contributed by atoms with van der Waals surface area (Å²) >= 11 is 1.53. The van der Waals surface area contributed by atoms with Gasteiger partial charge >= 0.3 is 0 Å². The summed E-state index contributed by atoms with van der Waals surface area (Å²) in [5.74, 6) is -0.166. The molecule has 0 aliphatic rings. The van der Waals surface area contributed by atoms with Gasteiger partial charge in [0, 0.05) is 24.3 Å². The standard InChI is InChI=1S/C16H18N4O3S2/c1-17-25(22,23)11-13-4-2-12(3-5-13)9-18-15(21)8-14-10-20-6-7-24-16(20)19-14/h2-7,10,17H,8-9,11H2,1H3,(H,18,21). The molecule has 0 atom stereocenters. The van der Waals surface area contributed by atoms with Gasteiger partial charge in [-0.25, -0.2) is 18.1 Å². The van der Waals surface area contributed by atoms with E-state index in [-0.39, 0.29) is 18.1 Å². The first-order chi connectivity index (χ1) is 11.9. The number of amides is 1.